The van der Waals surface area contributed by atoms with E-state index >= 15 is 0 Å². The lowest BCUT2D eigenvalue weighted by Gasteiger charge is -2.27. The third kappa shape index (κ3) is 3.47. The summed E-state index contributed by atoms with van der Waals surface area (Å²) in [5, 5.41) is 3.28. The monoisotopic (exact) mass is 254 g/mol. The molecule has 1 aliphatic heterocycles. The van der Waals surface area contributed by atoms with Crippen molar-refractivity contribution >= 4 is 17.7 Å². The first-order valence-corrected chi connectivity index (χ1v) is 7.08. The number of H-pyrrole nitrogens is 1. The van der Waals surface area contributed by atoms with Crippen LogP contribution < -0.4 is 15.8 Å². The molecule has 2 heterocycles. The molecule has 1 fully saturated rings. The maximum atomic E-state index is 11.6. The van der Waals surface area contributed by atoms with Crippen LogP contribution in [-0.2, 0) is 5.75 Å². The minimum absolute atomic E-state index is 0.0553. The zero-order chi connectivity index (χ0) is 12.1. The topological polar surface area (TPSA) is 61.0 Å². The first kappa shape index (κ1) is 12.4. The van der Waals surface area contributed by atoms with Gasteiger partial charge in [-0.05, 0) is 5.75 Å². The Morgan fingerprint density at radius 2 is 2.24 bits per heavy atom. The molecule has 0 spiro atoms. The van der Waals surface area contributed by atoms with E-state index in [1.54, 1.807) is 17.8 Å². The Kier molecular flexibility index (Phi) is 4.44. The number of hydrogen-bond donors (Lipinski definition) is 2. The number of nitrogens with zero attached hydrogens (tertiary/aromatic N) is 2. The molecule has 1 aromatic rings. The second-order valence-corrected chi connectivity index (χ2v) is 5.21. The van der Waals surface area contributed by atoms with Crippen molar-refractivity contribution in [2.45, 2.75) is 12.7 Å². The van der Waals surface area contributed by atoms with Crippen LogP contribution in [0, 0.1) is 0 Å². The Labute approximate surface area is 105 Å². The molecule has 0 bridgehead atoms. The number of piperazine rings is 1. The van der Waals surface area contributed by atoms with Gasteiger partial charge in [0.1, 0.15) is 0 Å². The van der Waals surface area contributed by atoms with Gasteiger partial charge in [-0.25, -0.2) is 4.98 Å². The van der Waals surface area contributed by atoms with Crippen LogP contribution in [-0.4, -0.2) is 41.9 Å². The fourth-order valence-electron chi connectivity index (χ4n) is 1.80. The Bertz CT molecular complexity index is 414. The molecule has 0 saturated carbocycles. The van der Waals surface area contributed by atoms with Crippen LogP contribution in [0.25, 0.3) is 0 Å². The Balaban J connectivity index is 2.15. The van der Waals surface area contributed by atoms with E-state index in [-0.39, 0.29) is 5.56 Å². The summed E-state index contributed by atoms with van der Waals surface area (Å²) in [4.78, 5) is 21.0. The summed E-state index contributed by atoms with van der Waals surface area (Å²) in [5.41, 5.74) is 0.814. The molecule has 0 atom stereocenters. The van der Waals surface area contributed by atoms with E-state index in [1.807, 2.05) is 0 Å². The zero-order valence-corrected chi connectivity index (χ0v) is 10.8. The standard InChI is InChI=1S/C11H18N4OS/c1-2-17-8-9-7-10(16)14-11(13-9)15-5-3-12-4-6-15/h7,12H,2-6,8H2,1H3,(H,13,14,16). The van der Waals surface area contributed by atoms with Gasteiger partial charge in [-0.2, -0.15) is 11.8 Å². The third-order valence-electron chi connectivity index (χ3n) is 2.65. The van der Waals surface area contributed by atoms with E-state index in [9.17, 15) is 4.79 Å². The number of anilines is 1. The minimum Gasteiger partial charge on any atom is -0.340 e. The second-order valence-electron chi connectivity index (χ2n) is 3.93. The molecule has 94 valence electrons. The van der Waals surface area contributed by atoms with Gasteiger partial charge < -0.3 is 10.2 Å². The van der Waals surface area contributed by atoms with Gasteiger partial charge in [-0.15, -0.1) is 0 Å². The van der Waals surface area contributed by atoms with E-state index in [4.69, 9.17) is 0 Å². The van der Waals surface area contributed by atoms with Gasteiger partial charge in [0.2, 0.25) is 5.95 Å². The maximum Gasteiger partial charge on any atom is 0.252 e. The van der Waals surface area contributed by atoms with E-state index < -0.39 is 0 Å². The molecule has 0 aromatic carbocycles. The first-order chi connectivity index (χ1) is 8.29. The molecule has 5 nitrogen and oxygen atoms in total. The van der Waals surface area contributed by atoms with Crippen molar-refractivity contribution in [1.29, 1.82) is 0 Å². The predicted molar refractivity (Wildman–Crippen MR) is 71.8 cm³/mol. The molecule has 2 rings (SSSR count). The highest BCUT2D eigenvalue weighted by Gasteiger charge is 2.13. The third-order valence-corrected chi connectivity index (χ3v) is 3.56. The highest BCUT2D eigenvalue weighted by atomic mass is 32.2. The molecule has 1 aliphatic rings. The molecular formula is C11H18N4OS. The average molecular weight is 254 g/mol. The summed E-state index contributed by atoms with van der Waals surface area (Å²) in [6, 6.07) is 1.59. The highest BCUT2D eigenvalue weighted by molar-refractivity contribution is 7.98. The molecule has 1 aromatic heterocycles. The lowest BCUT2D eigenvalue weighted by Crippen LogP contribution is -2.44. The lowest BCUT2D eigenvalue weighted by molar-refractivity contribution is 0.578. The van der Waals surface area contributed by atoms with Crippen LogP contribution >= 0.6 is 11.8 Å². The minimum atomic E-state index is -0.0553. The lowest BCUT2D eigenvalue weighted by atomic mass is 10.4. The summed E-state index contributed by atoms with van der Waals surface area (Å²) in [6.45, 7) is 5.78. The highest BCUT2D eigenvalue weighted by Crippen LogP contribution is 2.11. The summed E-state index contributed by atoms with van der Waals surface area (Å²) < 4.78 is 0. The zero-order valence-electron chi connectivity index (χ0n) is 10.0. The molecule has 17 heavy (non-hydrogen) atoms. The Morgan fingerprint density at radius 3 is 2.94 bits per heavy atom. The quantitative estimate of drug-likeness (QED) is 0.816. The number of hydrogen-bond acceptors (Lipinski definition) is 5. The van der Waals surface area contributed by atoms with E-state index in [2.05, 4.69) is 27.1 Å². The van der Waals surface area contributed by atoms with Gasteiger partial charge in [-0.3, -0.25) is 9.78 Å². The fourth-order valence-corrected chi connectivity index (χ4v) is 2.36. The molecule has 0 amide bonds. The molecule has 6 heteroatoms. The van der Waals surface area contributed by atoms with E-state index in [1.165, 1.54) is 0 Å². The van der Waals surface area contributed by atoms with Crippen LogP contribution in [0.15, 0.2) is 10.9 Å². The number of rotatable bonds is 4. The summed E-state index contributed by atoms with van der Waals surface area (Å²) in [6.07, 6.45) is 0. The van der Waals surface area contributed by atoms with Crippen LogP contribution in [0.2, 0.25) is 0 Å². The average Bonchev–Trinajstić information content (AvgIpc) is 2.37. The van der Waals surface area contributed by atoms with Gasteiger partial charge in [0.25, 0.3) is 5.56 Å². The summed E-state index contributed by atoms with van der Waals surface area (Å²) >= 11 is 1.78. The molecule has 1 saturated heterocycles. The van der Waals surface area contributed by atoms with Crippen LogP contribution in [0.1, 0.15) is 12.6 Å². The van der Waals surface area contributed by atoms with E-state index in [0.717, 1.165) is 43.4 Å². The number of thioether (sulfide) groups is 1. The van der Waals surface area contributed by atoms with Gasteiger partial charge in [-0.1, -0.05) is 6.92 Å². The number of nitrogens with one attached hydrogen (secondary N) is 2. The second kappa shape index (κ2) is 6.07. The van der Waals surface area contributed by atoms with Gasteiger partial charge >= 0.3 is 0 Å². The largest absolute Gasteiger partial charge is 0.340 e. The molecule has 0 radical (unpaired) electrons. The van der Waals surface area contributed by atoms with E-state index in [0.29, 0.717) is 5.95 Å². The van der Waals surface area contributed by atoms with Crippen LogP contribution in [0.4, 0.5) is 5.95 Å². The van der Waals surface area contributed by atoms with Crippen molar-refractivity contribution in [3.05, 3.63) is 22.1 Å². The molecule has 2 N–H and O–H groups in total. The Morgan fingerprint density at radius 1 is 1.47 bits per heavy atom. The fraction of sp³-hybridized carbons (Fsp3) is 0.636. The van der Waals surface area contributed by atoms with Gasteiger partial charge in [0, 0.05) is 38.0 Å². The Hall–Kier alpha value is -1.01. The van der Waals surface area contributed by atoms with Crippen molar-refractivity contribution in [2.75, 3.05) is 36.8 Å². The summed E-state index contributed by atoms with van der Waals surface area (Å²) in [5.74, 6) is 2.56. The van der Waals surface area contributed by atoms with Crippen molar-refractivity contribution in [2.24, 2.45) is 0 Å². The first-order valence-electron chi connectivity index (χ1n) is 5.93. The molecule has 0 aliphatic carbocycles. The normalized spacial score (nSPS) is 16.2. The van der Waals surface area contributed by atoms with Crippen molar-refractivity contribution in [3.63, 3.8) is 0 Å². The van der Waals surface area contributed by atoms with Crippen molar-refractivity contribution in [1.82, 2.24) is 15.3 Å². The van der Waals surface area contributed by atoms with Crippen LogP contribution in [0.5, 0.6) is 0 Å². The SMILES string of the molecule is CCSCc1cc(=O)[nH]c(N2CCNCC2)n1. The predicted octanol–water partition coefficient (Wildman–Crippen LogP) is 0.433. The molecular weight excluding hydrogens is 236 g/mol. The summed E-state index contributed by atoms with van der Waals surface area (Å²) in [7, 11) is 0. The van der Waals surface area contributed by atoms with Gasteiger partial charge in [0.05, 0.1) is 5.69 Å². The molecule has 0 unspecified atom stereocenters. The number of aromatic amines is 1. The van der Waals surface area contributed by atoms with Crippen molar-refractivity contribution < 1.29 is 0 Å². The van der Waals surface area contributed by atoms with Gasteiger partial charge in [0.15, 0.2) is 0 Å². The van der Waals surface area contributed by atoms with Crippen molar-refractivity contribution in [3.8, 4) is 0 Å². The van der Waals surface area contributed by atoms with Crippen LogP contribution in [0.3, 0.4) is 0 Å². The number of aromatic nitrogens is 2. The maximum absolute atomic E-state index is 11.6. The smallest absolute Gasteiger partial charge is 0.252 e.